The molecular weight excluding hydrogens is 415 g/mol. The molecule has 0 unspecified atom stereocenters. The molecule has 0 radical (unpaired) electrons. The van der Waals surface area contributed by atoms with Crippen LogP contribution in [-0.2, 0) is 0 Å². The molecule has 0 spiro atoms. The average Bonchev–Trinajstić information content (AvgIpc) is 2.66. The molecule has 0 saturated heterocycles. The second kappa shape index (κ2) is 8.21. The van der Waals surface area contributed by atoms with Crippen LogP contribution in [0.5, 0.6) is 5.75 Å². The Morgan fingerprint density at radius 1 is 1.00 bits per heavy atom. The van der Waals surface area contributed by atoms with Gasteiger partial charge in [0.05, 0.1) is 22.5 Å². The van der Waals surface area contributed by atoms with E-state index >= 15 is 0 Å². The summed E-state index contributed by atoms with van der Waals surface area (Å²) in [6, 6.07) is 3.18. The van der Waals surface area contributed by atoms with Crippen molar-refractivity contribution in [2.24, 2.45) is 0 Å². The van der Waals surface area contributed by atoms with Crippen LogP contribution < -0.4 is 4.74 Å². The molecule has 7 nitrogen and oxygen atoms in total. The van der Waals surface area contributed by atoms with Crippen LogP contribution in [0.1, 0.15) is 5.56 Å². The van der Waals surface area contributed by atoms with Gasteiger partial charge in [0, 0.05) is 17.0 Å². The highest BCUT2D eigenvalue weighted by atomic mass is 32.2. The van der Waals surface area contributed by atoms with Crippen molar-refractivity contribution in [2.45, 2.75) is 4.90 Å². The molecule has 0 aliphatic heterocycles. The minimum absolute atomic E-state index is 0.112. The summed E-state index contributed by atoms with van der Waals surface area (Å²) < 4.78 is 71.8. The topological polar surface area (TPSA) is 95.5 Å². The number of halogens is 5. The number of nitro benzene ring substituents is 1. The molecule has 28 heavy (non-hydrogen) atoms. The first-order chi connectivity index (χ1) is 13.1. The molecule has 2 rings (SSSR count). The fourth-order valence-electron chi connectivity index (χ4n) is 1.99. The van der Waals surface area contributed by atoms with Crippen LogP contribution in [0.2, 0.25) is 0 Å². The monoisotopic (exact) mass is 422 g/mol. The van der Waals surface area contributed by atoms with Gasteiger partial charge in [0.2, 0.25) is 5.82 Å². The van der Waals surface area contributed by atoms with Gasteiger partial charge in [-0.2, -0.15) is 0 Å². The molecule has 2 aromatic rings. The van der Waals surface area contributed by atoms with Crippen LogP contribution in [0.15, 0.2) is 28.1 Å². The van der Waals surface area contributed by atoms with Crippen molar-refractivity contribution in [1.82, 2.24) is 0 Å². The summed E-state index contributed by atoms with van der Waals surface area (Å²) in [5, 5.41) is 21.1. The highest BCUT2D eigenvalue weighted by Crippen LogP contribution is 2.36. The Kier molecular flexibility index (Phi) is 6.18. The third-order valence-electron chi connectivity index (χ3n) is 3.26. The summed E-state index contributed by atoms with van der Waals surface area (Å²) in [6.45, 7) is 0. The van der Waals surface area contributed by atoms with E-state index in [9.17, 15) is 42.2 Å². The van der Waals surface area contributed by atoms with Gasteiger partial charge in [0.15, 0.2) is 29.0 Å². The van der Waals surface area contributed by atoms with E-state index in [2.05, 4.69) is 0 Å². The zero-order chi connectivity index (χ0) is 21.2. The van der Waals surface area contributed by atoms with Crippen LogP contribution >= 0.6 is 11.8 Å². The Morgan fingerprint density at radius 3 is 2.00 bits per heavy atom. The number of methoxy groups -OCH3 is 1. The smallest absolute Gasteiger partial charge is 0.312 e. The van der Waals surface area contributed by atoms with E-state index < -0.39 is 55.2 Å². The zero-order valence-corrected chi connectivity index (χ0v) is 14.4. The molecule has 148 valence electrons. The Bertz CT molecular complexity index is 986. The SMILES string of the molecule is COc1ccc(SC(=Cc2c(F)c(F)c(F)c(F)c2F)[N+](=O)[O-])cc1[N+](=O)[O-]. The van der Waals surface area contributed by atoms with Crippen molar-refractivity contribution < 1.29 is 36.5 Å². The van der Waals surface area contributed by atoms with E-state index in [-0.39, 0.29) is 28.5 Å². The number of hydrogen-bond acceptors (Lipinski definition) is 6. The first-order valence-electron chi connectivity index (χ1n) is 6.96. The van der Waals surface area contributed by atoms with Crippen molar-refractivity contribution >= 4 is 23.5 Å². The first-order valence-corrected chi connectivity index (χ1v) is 7.77. The Labute approximate surface area is 156 Å². The van der Waals surface area contributed by atoms with Gasteiger partial charge in [-0.15, -0.1) is 0 Å². The van der Waals surface area contributed by atoms with Gasteiger partial charge in [-0.1, -0.05) is 0 Å². The molecule has 0 aliphatic carbocycles. The van der Waals surface area contributed by atoms with E-state index in [1.165, 1.54) is 6.07 Å². The van der Waals surface area contributed by atoms with Gasteiger partial charge < -0.3 is 4.74 Å². The maximum absolute atomic E-state index is 13.7. The molecule has 0 atom stereocenters. The number of nitro groups is 2. The van der Waals surface area contributed by atoms with Crippen LogP contribution in [0.4, 0.5) is 27.6 Å². The third-order valence-corrected chi connectivity index (χ3v) is 4.23. The number of rotatable bonds is 6. The van der Waals surface area contributed by atoms with Gasteiger partial charge in [0.1, 0.15) is 0 Å². The lowest BCUT2D eigenvalue weighted by Gasteiger charge is -2.06. The summed E-state index contributed by atoms with van der Waals surface area (Å²) in [6.07, 6.45) is 0.150. The molecule has 0 saturated carbocycles. The van der Waals surface area contributed by atoms with E-state index in [4.69, 9.17) is 4.74 Å². The van der Waals surface area contributed by atoms with Crippen LogP contribution in [0.3, 0.4) is 0 Å². The van der Waals surface area contributed by atoms with E-state index in [0.717, 1.165) is 19.2 Å². The lowest BCUT2D eigenvalue weighted by atomic mass is 10.1. The molecule has 0 amide bonds. The quantitative estimate of drug-likeness (QED) is 0.168. The third kappa shape index (κ3) is 4.03. The van der Waals surface area contributed by atoms with Crippen molar-refractivity contribution in [3.63, 3.8) is 0 Å². The Morgan fingerprint density at radius 2 is 1.54 bits per heavy atom. The van der Waals surface area contributed by atoms with Crippen LogP contribution in [0, 0.1) is 49.3 Å². The number of hydrogen-bond donors (Lipinski definition) is 0. The van der Waals surface area contributed by atoms with Crippen molar-refractivity contribution in [1.29, 1.82) is 0 Å². The molecule has 0 N–H and O–H groups in total. The predicted octanol–water partition coefficient (Wildman–Crippen LogP) is 4.67. The van der Waals surface area contributed by atoms with Crippen LogP contribution in [0.25, 0.3) is 6.08 Å². The van der Waals surface area contributed by atoms with Gasteiger partial charge >= 0.3 is 10.7 Å². The molecule has 13 heteroatoms. The highest BCUT2D eigenvalue weighted by Gasteiger charge is 2.27. The molecule has 0 heterocycles. The second-order valence-electron chi connectivity index (χ2n) is 4.92. The first kappa shape index (κ1) is 21.1. The molecule has 0 fully saturated rings. The molecule has 0 aromatic heterocycles. The van der Waals surface area contributed by atoms with Crippen molar-refractivity contribution in [3.8, 4) is 5.75 Å². The van der Waals surface area contributed by atoms with Gasteiger partial charge in [-0.25, -0.2) is 22.0 Å². The van der Waals surface area contributed by atoms with Gasteiger partial charge in [0.25, 0.3) is 0 Å². The van der Waals surface area contributed by atoms with E-state index in [1.54, 1.807) is 0 Å². The molecular formula is C15H7F5N2O5S. The van der Waals surface area contributed by atoms with Crippen molar-refractivity contribution in [2.75, 3.05) is 7.11 Å². The van der Waals surface area contributed by atoms with Crippen molar-refractivity contribution in [3.05, 3.63) is 78.1 Å². The fourth-order valence-corrected chi connectivity index (χ4v) is 2.79. The predicted molar refractivity (Wildman–Crippen MR) is 86.7 cm³/mol. The minimum atomic E-state index is -2.41. The summed E-state index contributed by atoms with van der Waals surface area (Å²) >= 11 is 0.206. The molecule has 2 aromatic carbocycles. The Balaban J connectivity index is 2.56. The van der Waals surface area contributed by atoms with Gasteiger partial charge in [-0.3, -0.25) is 20.2 Å². The average molecular weight is 422 g/mol. The fraction of sp³-hybridized carbons (Fsp3) is 0.0667. The molecule has 0 aliphatic rings. The summed E-state index contributed by atoms with van der Waals surface area (Å²) in [5.41, 5.74) is -2.06. The maximum atomic E-state index is 13.7. The lowest BCUT2D eigenvalue weighted by molar-refractivity contribution is -0.408. The summed E-state index contributed by atoms with van der Waals surface area (Å²) in [4.78, 5) is 20.1. The van der Waals surface area contributed by atoms with Crippen LogP contribution in [-0.4, -0.2) is 17.0 Å². The normalized spacial score (nSPS) is 11.4. The highest BCUT2D eigenvalue weighted by molar-refractivity contribution is 8.03. The number of ether oxygens (including phenoxy) is 1. The number of nitrogens with zero attached hydrogens (tertiary/aromatic N) is 2. The zero-order valence-electron chi connectivity index (χ0n) is 13.5. The minimum Gasteiger partial charge on any atom is -0.490 e. The standard InChI is InChI=1S/C15H7F5N2O5S/c1-27-9-3-2-6(4-8(9)21(23)24)28-10(22(25)26)5-7-11(16)13(18)15(20)14(19)12(7)17/h2-5H,1H3. The number of thioether (sulfide) groups is 1. The lowest BCUT2D eigenvalue weighted by Crippen LogP contribution is -2.05. The second-order valence-corrected chi connectivity index (χ2v) is 6.01. The maximum Gasteiger partial charge on any atom is 0.312 e. The molecule has 0 bridgehead atoms. The van der Waals surface area contributed by atoms with E-state index in [0.29, 0.717) is 0 Å². The Hall–Kier alpha value is -3.22. The van der Waals surface area contributed by atoms with Gasteiger partial charge in [-0.05, 0) is 23.9 Å². The largest absolute Gasteiger partial charge is 0.490 e. The summed E-state index contributed by atoms with van der Waals surface area (Å²) in [5.74, 6) is -11.6. The van der Waals surface area contributed by atoms with E-state index in [1.807, 2.05) is 0 Å². The summed E-state index contributed by atoms with van der Waals surface area (Å²) in [7, 11) is 1.15. The number of benzene rings is 2.